The van der Waals surface area contributed by atoms with Crippen molar-refractivity contribution in [3.63, 3.8) is 0 Å². The summed E-state index contributed by atoms with van der Waals surface area (Å²) in [6, 6.07) is 2.88. The van der Waals surface area contributed by atoms with Crippen molar-refractivity contribution in [2.24, 2.45) is 5.16 Å². The van der Waals surface area contributed by atoms with Crippen molar-refractivity contribution in [3.8, 4) is 11.5 Å². The summed E-state index contributed by atoms with van der Waals surface area (Å²) in [6.45, 7) is 1.62. The van der Waals surface area contributed by atoms with E-state index >= 15 is 0 Å². The Kier molecular flexibility index (Phi) is 2.19. The fourth-order valence-corrected chi connectivity index (χ4v) is 0.904. The molecule has 3 N–H and O–H groups in total. The van der Waals surface area contributed by atoms with E-state index in [-0.39, 0.29) is 11.5 Å². The van der Waals surface area contributed by atoms with Crippen molar-refractivity contribution in [1.29, 1.82) is 0 Å². The van der Waals surface area contributed by atoms with Gasteiger partial charge in [-0.05, 0) is 19.1 Å². The maximum atomic E-state index is 9.22. The summed E-state index contributed by atoms with van der Waals surface area (Å²) >= 11 is 0. The third kappa shape index (κ3) is 1.32. The van der Waals surface area contributed by atoms with Gasteiger partial charge in [0.2, 0.25) is 0 Å². The molecule has 0 saturated carbocycles. The molecule has 0 bridgehead atoms. The van der Waals surface area contributed by atoms with Gasteiger partial charge in [0, 0.05) is 11.1 Å². The summed E-state index contributed by atoms with van der Waals surface area (Å²) in [5.41, 5.74) is 1.04. The fraction of sp³-hybridized carbons (Fsp3) is 0.125. The normalized spacial score (nSPS) is 10.8. The second-order valence-corrected chi connectivity index (χ2v) is 2.39. The maximum Gasteiger partial charge on any atom is 0.161 e. The Morgan fingerprint density at radius 3 is 2.58 bits per heavy atom. The van der Waals surface area contributed by atoms with Crippen LogP contribution in [0, 0.1) is 6.92 Å². The van der Waals surface area contributed by atoms with Crippen molar-refractivity contribution in [1.82, 2.24) is 0 Å². The molecule has 4 nitrogen and oxygen atoms in total. The van der Waals surface area contributed by atoms with Crippen LogP contribution in [0.4, 0.5) is 0 Å². The third-order valence-corrected chi connectivity index (χ3v) is 1.65. The van der Waals surface area contributed by atoms with E-state index < -0.39 is 0 Å². The van der Waals surface area contributed by atoms with E-state index in [2.05, 4.69) is 5.16 Å². The Hall–Kier alpha value is -1.71. The molecule has 0 amide bonds. The van der Waals surface area contributed by atoms with Crippen molar-refractivity contribution >= 4 is 6.21 Å². The van der Waals surface area contributed by atoms with Gasteiger partial charge in [-0.15, -0.1) is 0 Å². The van der Waals surface area contributed by atoms with Crippen LogP contribution in [-0.2, 0) is 0 Å². The van der Waals surface area contributed by atoms with Gasteiger partial charge in [-0.1, -0.05) is 5.16 Å². The minimum Gasteiger partial charge on any atom is -0.504 e. The zero-order valence-corrected chi connectivity index (χ0v) is 6.52. The van der Waals surface area contributed by atoms with Crippen LogP contribution in [0.25, 0.3) is 0 Å². The largest absolute Gasteiger partial charge is 0.504 e. The van der Waals surface area contributed by atoms with E-state index in [1.54, 1.807) is 13.0 Å². The molecule has 0 unspecified atom stereocenters. The lowest BCUT2D eigenvalue weighted by Gasteiger charge is -2.03. The van der Waals surface area contributed by atoms with Crippen LogP contribution in [0.2, 0.25) is 0 Å². The molecule has 1 rings (SSSR count). The van der Waals surface area contributed by atoms with Crippen LogP contribution < -0.4 is 0 Å². The van der Waals surface area contributed by atoms with Crippen LogP contribution in [-0.4, -0.2) is 21.6 Å². The van der Waals surface area contributed by atoms with Gasteiger partial charge in [0.05, 0.1) is 6.21 Å². The van der Waals surface area contributed by atoms with Gasteiger partial charge in [-0.2, -0.15) is 0 Å². The van der Waals surface area contributed by atoms with Gasteiger partial charge < -0.3 is 15.4 Å². The highest BCUT2D eigenvalue weighted by atomic mass is 16.4. The Labute approximate surface area is 69.4 Å². The summed E-state index contributed by atoms with van der Waals surface area (Å²) in [5, 5.41) is 29.3. The van der Waals surface area contributed by atoms with Crippen molar-refractivity contribution < 1.29 is 15.4 Å². The lowest BCUT2D eigenvalue weighted by molar-refractivity contribution is 0.321. The third-order valence-electron chi connectivity index (χ3n) is 1.65. The van der Waals surface area contributed by atoms with Crippen LogP contribution in [0.15, 0.2) is 17.3 Å². The van der Waals surface area contributed by atoms with Crippen molar-refractivity contribution in [2.45, 2.75) is 6.92 Å². The average Bonchev–Trinajstić information content (AvgIpc) is 2.07. The summed E-state index contributed by atoms with van der Waals surface area (Å²) in [6.07, 6.45) is 1.19. The number of benzene rings is 1. The molecular formula is C8H9NO3. The van der Waals surface area contributed by atoms with Gasteiger partial charge >= 0.3 is 0 Å². The smallest absolute Gasteiger partial charge is 0.161 e. The SMILES string of the molecule is Cc1c(/C=N/O)ccc(O)c1O. The molecule has 4 heteroatoms. The Morgan fingerprint density at radius 1 is 1.33 bits per heavy atom. The zero-order chi connectivity index (χ0) is 9.14. The Bertz CT molecular complexity index is 320. The van der Waals surface area contributed by atoms with Gasteiger partial charge in [0.1, 0.15) is 0 Å². The fourth-order valence-electron chi connectivity index (χ4n) is 0.904. The molecule has 0 atom stereocenters. The summed E-state index contributed by atoms with van der Waals surface area (Å²) in [5.74, 6) is -0.366. The van der Waals surface area contributed by atoms with Crippen molar-refractivity contribution in [2.75, 3.05) is 0 Å². The predicted molar refractivity (Wildman–Crippen MR) is 43.9 cm³/mol. The van der Waals surface area contributed by atoms with Crippen LogP contribution in [0.3, 0.4) is 0 Å². The molecule has 0 aromatic heterocycles. The number of hydrogen-bond acceptors (Lipinski definition) is 4. The van der Waals surface area contributed by atoms with Crippen LogP contribution in [0.5, 0.6) is 11.5 Å². The lowest BCUT2D eigenvalue weighted by Crippen LogP contribution is -1.87. The van der Waals surface area contributed by atoms with Crippen molar-refractivity contribution in [3.05, 3.63) is 23.3 Å². The number of nitrogens with zero attached hydrogens (tertiary/aromatic N) is 1. The highest BCUT2D eigenvalue weighted by molar-refractivity contribution is 5.82. The number of rotatable bonds is 1. The molecule has 0 fully saturated rings. The topological polar surface area (TPSA) is 73.1 Å². The zero-order valence-electron chi connectivity index (χ0n) is 6.52. The maximum absolute atomic E-state index is 9.22. The monoisotopic (exact) mass is 167 g/mol. The molecule has 0 aliphatic heterocycles. The first-order valence-electron chi connectivity index (χ1n) is 3.35. The van der Waals surface area contributed by atoms with E-state index in [1.807, 2.05) is 0 Å². The molecule has 1 aromatic rings. The molecule has 0 radical (unpaired) electrons. The van der Waals surface area contributed by atoms with E-state index in [0.717, 1.165) is 0 Å². The molecule has 0 spiro atoms. The van der Waals surface area contributed by atoms with E-state index in [1.165, 1.54) is 12.3 Å². The van der Waals surface area contributed by atoms with Crippen LogP contribution in [0.1, 0.15) is 11.1 Å². The van der Waals surface area contributed by atoms with Gasteiger partial charge in [0.15, 0.2) is 11.5 Å². The van der Waals surface area contributed by atoms with E-state index in [9.17, 15) is 5.11 Å². The molecule has 0 heterocycles. The quantitative estimate of drug-likeness (QED) is 0.255. The molecule has 1 aromatic carbocycles. The number of phenolic OH excluding ortho intramolecular Hbond substituents is 2. The van der Waals surface area contributed by atoms with E-state index in [0.29, 0.717) is 11.1 Å². The standard InChI is InChI=1S/C8H9NO3/c1-5-6(4-9-12)2-3-7(10)8(5)11/h2-4,10-12H,1H3/b9-4+. The molecule has 0 aliphatic carbocycles. The average molecular weight is 167 g/mol. The summed E-state index contributed by atoms with van der Waals surface area (Å²) in [4.78, 5) is 0. The molecule has 0 saturated heterocycles. The highest BCUT2D eigenvalue weighted by Crippen LogP contribution is 2.29. The van der Waals surface area contributed by atoms with E-state index in [4.69, 9.17) is 10.3 Å². The number of aromatic hydroxyl groups is 2. The van der Waals surface area contributed by atoms with Gasteiger partial charge in [0.25, 0.3) is 0 Å². The Morgan fingerprint density at radius 2 is 2.00 bits per heavy atom. The minimum atomic E-state index is -0.188. The molecule has 12 heavy (non-hydrogen) atoms. The lowest BCUT2D eigenvalue weighted by atomic mass is 10.1. The molecule has 64 valence electrons. The second-order valence-electron chi connectivity index (χ2n) is 2.39. The Balaban J connectivity index is 3.26. The highest BCUT2D eigenvalue weighted by Gasteiger charge is 2.05. The first-order valence-corrected chi connectivity index (χ1v) is 3.35. The number of hydrogen-bond donors (Lipinski definition) is 3. The predicted octanol–water partition coefficient (Wildman–Crippen LogP) is 1.21. The van der Waals surface area contributed by atoms with Crippen LogP contribution >= 0.6 is 0 Å². The first kappa shape index (κ1) is 8.39. The summed E-state index contributed by atoms with van der Waals surface area (Å²) in [7, 11) is 0. The van der Waals surface area contributed by atoms with Gasteiger partial charge in [-0.3, -0.25) is 0 Å². The second kappa shape index (κ2) is 3.13. The minimum absolute atomic E-state index is 0.178. The summed E-state index contributed by atoms with van der Waals surface area (Å²) < 4.78 is 0. The first-order chi connectivity index (χ1) is 5.66. The molecule has 0 aliphatic rings. The number of oxime groups is 1. The number of phenols is 2. The molecular weight excluding hydrogens is 158 g/mol. The van der Waals surface area contributed by atoms with Gasteiger partial charge in [-0.25, -0.2) is 0 Å².